The number of carbonyl (C=O) groups is 1. The first-order chi connectivity index (χ1) is 8.09. The maximum atomic E-state index is 11.2. The smallest absolute Gasteiger partial charge is 0.407 e. The van der Waals surface area contributed by atoms with Crippen LogP contribution in [0.4, 0.5) is 4.79 Å². The number of carbonyl (C=O) groups excluding carboxylic acids is 1. The second-order valence-corrected chi connectivity index (χ2v) is 3.75. The fourth-order valence-electron chi connectivity index (χ4n) is 1.13. The summed E-state index contributed by atoms with van der Waals surface area (Å²) in [5, 5.41) is 20.6. The lowest BCUT2D eigenvalue weighted by Gasteiger charge is -2.14. The van der Waals surface area contributed by atoms with Gasteiger partial charge in [0.1, 0.15) is 6.61 Å². The van der Waals surface area contributed by atoms with Crippen molar-refractivity contribution in [1.29, 1.82) is 0 Å². The molecule has 1 amide bonds. The van der Waals surface area contributed by atoms with E-state index in [1.807, 2.05) is 30.3 Å². The van der Waals surface area contributed by atoms with E-state index in [0.29, 0.717) is 0 Å². The first-order valence-corrected chi connectivity index (χ1v) is 5.40. The van der Waals surface area contributed by atoms with Gasteiger partial charge in [-0.15, -0.1) is 0 Å². The van der Waals surface area contributed by atoms with Crippen LogP contribution in [-0.2, 0) is 11.3 Å². The highest BCUT2D eigenvalue weighted by Crippen LogP contribution is 2.00. The number of benzene rings is 1. The first kappa shape index (κ1) is 13.5. The Morgan fingerprint density at radius 3 is 2.59 bits per heavy atom. The molecule has 0 fully saturated rings. The Morgan fingerprint density at radius 2 is 2.00 bits per heavy atom. The summed E-state index contributed by atoms with van der Waals surface area (Å²) >= 11 is 0. The van der Waals surface area contributed by atoms with Gasteiger partial charge in [-0.25, -0.2) is 4.79 Å². The number of hydrogen-bond donors (Lipinski definition) is 3. The molecule has 17 heavy (non-hydrogen) atoms. The van der Waals surface area contributed by atoms with Crippen molar-refractivity contribution in [3.63, 3.8) is 0 Å². The summed E-state index contributed by atoms with van der Waals surface area (Å²) in [4.78, 5) is 11.2. The molecule has 0 radical (unpaired) electrons. The lowest BCUT2D eigenvalue weighted by molar-refractivity contribution is 0.0308. The quantitative estimate of drug-likeness (QED) is 0.705. The number of nitrogens with one attached hydrogen (secondary N) is 1. The molecule has 0 saturated heterocycles. The standard InChI is InChI=1S/C12H17NO4/c1-9(14)11(15)7-13-12(16)17-8-10-5-3-2-4-6-10/h2-6,9,11,14-15H,7-8H2,1H3,(H,13,16)/t9-,11+/m1/s1. The van der Waals surface area contributed by atoms with Gasteiger partial charge in [-0.1, -0.05) is 30.3 Å². The lowest BCUT2D eigenvalue weighted by Crippen LogP contribution is -2.37. The van der Waals surface area contributed by atoms with E-state index < -0.39 is 18.3 Å². The maximum Gasteiger partial charge on any atom is 0.407 e. The molecule has 0 spiro atoms. The first-order valence-electron chi connectivity index (χ1n) is 5.40. The number of rotatable bonds is 5. The largest absolute Gasteiger partial charge is 0.445 e. The SMILES string of the molecule is C[C@@H](O)[C@@H](O)CNC(=O)OCc1ccccc1. The third-order valence-corrected chi connectivity index (χ3v) is 2.23. The molecular weight excluding hydrogens is 222 g/mol. The van der Waals surface area contributed by atoms with Crippen LogP contribution in [0.25, 0.3) is 0 Å². The monoisotopic (exact) mass is 239 g/mol. The average Bonchev–Trinajstić information content (AvgIpc) is 2.34. The summed E-state index contributed by atoms with van der Waals surface area (Å²) in [6.07, 6.45) is -2.49. The van der Waals surface area contributed by atoms with Crippen molar-refractivity contribution in [3.05, 3.63) is 35.9 Å². The van der Waals surface area contributed by atoms with Crippen molar-refractivity contribution in [1.82, 2.24) is 5.32 Å². The van der Waals surface area contributed by atoms with E-state index in [1.165, 1.54) is 6.92 Å². The molecule has 0 aliphatic carbocycles. The van der Waals surface area contributed by atoms with Crippen molar-refractivity contribution in [2.75, 3.05) is 6.54 Å². The second-order valence-electron chi connectivity index (χ2n) is 3.75. The van der Waals surface area contributed by atoms with E-state index >= 15 is 0 Å². The summed E-state index contributed by atoms with van der Waals surface area (Å²) in [6, 6.07) is 9.28. The predicted molar refractivity (Wildman–Crippen MR) is 62.3 cm³/mol. The van der Waals surface area contributed by atoms with Gasteiger partial charge in [-0.05, 0) is 12.5 Å². The molecule has 0 heterocycles. The zero-order valence-corrected chi connectivity index (χ0v) is 9.67. The Kier molecular flexibility index (Phi) is 5.45. The third-order valence-electron chi connectivity index (χ3n) is 2.23. The Labute approximate surface area is 100 Å². The Bertz CT molecular complexity index is 340. The summed E-state index contributed by atoms with van der Waals surface area (Å²) < 4.78 is 4.92. The van der Waals surface area contributed by atoms with Gasteiger partial charge in [0.05, 0.1) is 12.2 Å². The Morgan fingerprint density at radius 1 is 1.35 bits per heavy atom. The minimum absolute atomic E-state index is 0.0364. The molecule has 1 aromatic carbocycles. The van der Waals surface area contributed by atoms with Crippen LogP contribution in [0.1, 0.15) is 12.5 Å². The molecule has 0 aromatic heterocycles. The highest BCUT2D eigenvalue weighted by molar-refractivity contribution is 5.67. The van der Waals surface area contributed by atoms with Crippen LogP contribution in [0.2, 0.25) is 0 Å². The van der Waals surface area contributed by atoms with Gasteiger partial charge >= 0.3 is 6.09 Å². The molecule has 0 aliphatic rings. The maximum absolute atomic E-state index is 11.2. The van der Waals surface area contributed by atoms with Gasteiger partial charge in [-0.2, -0.15) is 0 Å². The van der Waals surface area contributed by atoms with Crippen LogP contribution >= 0.6 is 0 Å². The highest BCUT2D eigenvalue weighted by atomic mass is 16.5. The van der Waals surface area contributed by atoms with Crippen LogP contribution in [-0.4, -0.2) is 35.1 Å². The fourth-order valence-corrected chi connectivity index (χ4v) is 1.13. The fraction of sp³-hybridized carbons (Fsp3) is 0.417. The van der Waals surface area contributed by atoms with Crippen molar-refractivity contribution >= 4 is 6.09 Å². The summed E-state index contributed by atoms with van der Waals surface area (Å²) in [5.74, 6) is 0. The molecule has 5 nitrogen and oxygen atoms in total. The van der Waals surface area contributed by atoms with Crippen LogP contribution in [0.5, 0.6) is 0 Å². The number of ether oxygens (including phenoxy) is 1. The summed E-state index contributed by atoms with van der Waals surface area (Å²) in [6.45, 7) is 1.59. The molecule has 0 bridgehead atoms. The van der Waals surface area contributed by atoms with Gasteiger partial charge in [-0.3, -0.25) is 0 Å². The zero-order chi connectivity index (χ0) is 12.7. The molecule has 0 aliphatic heterocycles. The highest BCUT2D eigenvalue weighted by Gasteiger charge is 2.12. The number of aliphatic hydroxyl groups excluding tert-OH is 2. The van der Waals surface area contributed by atoms with Gasteiger partial charge < -0.3 is 20.3 Å². The topological polar surface area (TPSA) is 78.8 Å². The van der Waals surface area contributed by atoms with Gasteiger partial charge in [0, 0.05) is 6.54 Å². The minimum atomic E-state index is -0.987. The van der Waals surface area contributed by atoms with Crippen molar-refractivity contribution in [3.8, 4) is 0 Å². The lowest BCUT2D eigenvalue weighted by atomic mass is 10.2. The summed E-state index contributed by atoms with van der Waals surface area (Å²) in [5.41, 5.74) is 0.888. The van der Waals surface area contributed by atoms with Crippen LogP contribution in [0, 0.1) is 0 Å². The van der Waals surface area contributed by atoms with E-state index in [-0.39, 0.29) is 13.2 Å². The predicted octanol–water partition coefficient (Wildman–Crippen LogP) is 0.654. The third kappa shape index (κ3) is 5.33. The zero-order valence-electron chi connectivity index (χ0n) is 9.67. The Hall–Kier alpha value is -1.59. The van der Waals surface area contributed by atoms with Crippen LogP contribution < -0.4 is 5.32 Å². The molecule has 94 valence electrons. The van der Waals surface area contributed by atoms with Gasteiger partial charge in [0.15, 0.2) is 0 Å². The molecule has 3 N–H and O–H groups in total. The number of hydrogen-bond acceptors (Lipinski definition) is 4. The molecular formula is C12H17NO4. The van der Waals surface area contributed by atoms with Crippen molar-refractivity contribution in [2.24, 2.45) is 0 Å². The van der Waals surface area contributed by atoms with E-state index in [9.17, 15) is 9.90 Å². The van der Waals surface area contributed by atoms with E-state index in [2.05, 4.69) is 5.32 Å². The van der Waals surface area contributed by atoms with E-state index in [1.54, 1.807) is 0 Å². The molecule has 1 rings (SSSR count). The number of alkyl carbamates (subject to hydrolysis) is 1. The molecule has 1 aromatic rings. The molecule has 0 unspecified atom stereocenters. The molecule has 2 atom stereocenters. The van der Waals surface area contributed by atoms with Gasteiger partial charge in [0.2, 0.25) is 0 Å². The normalized spacial score (nSPS) is 13.8. The van der Waals surface area contributed by atoms with E-state index in [4.69, 9.17) is 9.84 Å². The van der Waals surface area contributed by atoms with Crippen LogP contribution in [0.3, 0.4) is 0 Å². The number of amides is 1. The molecule has 0 saturated carbocycles. The van der Waals surface area contributed by atoms with Crippen molar-refractivity contribution in [2.45, 2.75) is 25.7 Å². The average molecular weight is 239 g/mol. The van der Waals surface area contributed by atoms with E-state index in [0.717, 1.165) is 5.56 Å². The summed E-state index contributed by atoms with van der Waals surface area (Å²) in [7, 11) is 0. The van der Waals surface area contributed by atoms with Gasteiger partial charge in [0.25, 0.3) is 0 Å². The van der Waals surface area contributed by atoms with Crippen molar-refractivity contribution < 1.29 is 19.7 Å². The molecule has 5 heteroatoms. The minimum Gasteiger partial charge on any atom is -0.445 e. The number of aliphatic hydroxyl groups is 2. The van der Waals surface area contributed by atoms with Crippen LogP contribution in [0.15, 0.2) is 30.3 Å². The second kappa shape index (κ2) is 6.88. The Balaban J connectivity index is 2.22.